The molecule has 0 spiro atoms. The molecule has 6 nitrogen and oxygen atoms in total. The predicted octanol–water partition coefficient (Wildman–Crippen LogP) is 0.657. The second kappa shape index (κ2) is 15.2. The maximum atomic E-state index is 9.81. The molecule has 0 aromatic rings. The van der Waals surface area contributed by atoms with Crippen LogP contribution >= 0.6 is 0 Å². The van der Waals surface area contributed by atoms with E-state index in [2.05, 4.69) is 0 Å². The van der Waals surface area contributed by atoms with E-state index >= 15 is 0 Å². The SMILES string of the molecule is CC.CCCOC(OC)C(O)CC(O)C(O)CCCO. The number of hydrogen-bond donors (Lipinski definition) is 4. The summed E-state index contributed by atoms with van der Waals surface area (Å²) in [5.74, 6) is 0. The number of aliphatic hydroxyl groups is 4. The van der Waals surface area contributed by atoms with Crippen LogP contribution < -0.4 is 0 Å². The highest BCUT2D eigenvalue weighted by atomic mass is 16.7. The van der Waals surface area contributed by atoms with Crippen molar-refractivity contribution in [3.8, 4) is 0 Å². The first-order valence-electron chi connectivity index (χ1n) is 7.36. The molecule has 4 unspecified atom stereocenters. The van der Waals surface area contributed by atoms with E-state index in [-0.39, 0.29) is 19.4 Å². The van der Waals surface area contributed by atoms with Gasteiger partial charge in [-0.25, -0.2) is 0 Å². The van der Waals surface area contributed by atoms with Crippen molar-refractivity contribution >= 4 is 0 Å². The molecule has 0 saturated heterocycles. The third-order valence-electron chi connectivity index (χ3n) is 2.62. The average Bonchev–Trinajstić information content (AvgIpc) is 2.47. The lowest BCUT2D eigenvalue weighted by atomic mass is 10.0. The number of aliphatic hydroxyl groups excluding tert-OH is 4. The van der Waals surface area contributed by atoms with Gasteiger partial charge in [-0.2, -0.15) is 0 Å². The molecular formula is C14H32O6. The highest BCUT2D eigenvalue weighted by Gasteiger charge is 2.25. The fourth-order valence-corrected chi connectivity index (χ4v) is 1.58. The molecule has 4 atom stereocenters. The maximum Gasteiger partial charge on any atom is 0.183 e. The number of methoxy groups -OCH3 is 1. The van der Waals surface area contributed by atoms with E-state index in [1.165, 1.54) is 7.11 Å². The lowest BCUT2D eigenvalue weighted by Gasteiger charge is -2.25. The van der Waals surface area contributed by atoms with Gasteiger partial charge < -0.3 is 29.9 Å². The summed E-state index contributed by atoms with van der Waals surface area (Å²) in [5.41, 5.74) is 0. The van der Waals surface area contributed by atoms with Gasteiger partial charge in [0.25, 0.3) is 0 Å². The van der Waals surface area contributed by atoms with E-state index in [9.17, 15) is 15.3 Å². The largest absolute Gasteiger partial charge is 0.396 e. The van der Waals surface area contributed by atoms with Gasteiger partial charge in [0.1, 0.15) is 6.10 Å². The predicted molar refractivity (Wildman–Crippen MR) is 77.3 cm³/mol. The van der Waals surface area contributed by atoms with Gasteiger partial charge in [0.05, 0.1) is 12.2 Å². The highest BCUT2D eigenvalue weighted by molar-refractivity contribution is 4.73. The molecule has 20 heavy (non-hydrogen) atoms. The standard InChI is InChI=1S/C12H26O6.C2H6/c1-3-7-18-12(17-2)11(16)8-10(15)9(14)5-4-6-13;1-2/h9-16H,3-8H2,1-2H3;1-2H3. The Morgan fingerprint density at radius 3 is 2.05 bits per heavy atom. The van der Waals surface area contributed by atoms with Crippen molar-refractivity contribution in [1.82, 2.24) is 0 Å². The maximum absolute atomic E-state index is 9.81. The molecular weight excluding hydrogens is 264 g/mol. The molecule has 6 heteroatoms. The van der Waals surface area contributed by atoms with Gasteiger partial charge in [-0.1, -0.05) is 20.8 Å². The van der Waals surface area contributed by atoms with Crippen LogP contribution in [0.25, 0.3) is 0 Å². The summed E-state index contributed by atoms with van der Waals surface area (Å²) in [6.07, 6.45) is -2.36. The smallest absolute Gasteiger partial charge is 0.183 e. The number of ether oxygens (including phenoxy) is 2. The normalized spacial score (nSPS) is 16.8. The van der Waals surface area contributed by atoms with E-state index in [4.69, 9.17) is 14.6 Å². The van der Waals surface area contributed by atoms with Crippen LogP contribution in [0.2, 0.25) is 0 Å². The van der Waals surface area contributed by atoms with Crippen molar-refractivity contribution in [3.63, 3.8) is 0 Å². The quantitative estimate of drug-likeness (QED) is 0.418. The van der Waals surface area contributed by atoms with Gasteiger partial charge >= 0.3 is 0 Å². The molecule has 0 heterocycles. The Balaban J connectivity index is 0. The number of rotatable bonds is 11. The van der Waals surface area contributed by atoms with E-state index < -0.39 is 24.6 Å². The summed E-state index contributed by atoms with van der Waals surface area (Å²) < 4.78 is 10.2. The molecule has 124 valence electrons. The van der Waals surface area contributed by atoms with Crippen LogP contribution in [0.15, 0.2) is 0 Å². The highest BCUT2D eigenvalue weighted by Crippen LogP contribution is 2.13. The molecule has 0 aromatic carbocycles. The summed E-state index contributed by atoms with van der Waals surface area (Å²) in [6.45, 7) is 6.36. The molecule has 0 rings (SSSR count). The molecule has 0 fully saturated rings. The van der Waals surface area contributed by atoms with Gasteiger partial charge in [0.15, 0.2) is 6.29 Å². The number of hydrogen-bond acceptors (Lipinski definition) is 6. The summed E-state index contributed by atoms with van der Waals surface area (Å²) in [7, 11) is 1.41. The van der Waals surface area contributed by atoms with Crippen LogP contribution in [0.3, 0.4) is 0 Å². The first-order valence-corrected chi connectivity index (χ1v) is 7.36. The molecule has 4 N–H and O–H groups in total. The monoisotopic (exact) mass is 296 g/mol. The molecule has 0 aromatic heterocycles. The van der Waals surface area contributed by atoms with Crippen LogP contribution in [0, 0.1) is 0 Å². The van der Waals surface area contributed by atoms with Crippen molar-refractivity contribution in [1.29, 1.82) is 0 Å². The van der Waals surface area contributed by atoms with Crippen LogP contribution in [-0.4, -0.2) is 65.4 Å². The minimum Gasteiger partial charge on any atom is -0.396 e. The fraction of sp³-hybridized carbons (Fsp3) is 1.00. The summed E-state index contributed by atoms with van der Waals surface area (Å²) in [5, 5.41) is 37.7. The van der Waals surface area contributed by atoms with Gasteiger partial charge in [-0.15, -0.1) is 0 Å². The average molecular weight is 296 g/mol. The lowest BCUT2D eigenvalue weighted by molar-refractivity contribution is -0.189. The van der Waals surface area contributed by atoms with Crippen molar-refractivity contribution < 1.29 is 29.9 Å². The summed E-state index contributed by atoms with van der Waals surface area (Å²) >= 11 is 0. The third-order valence-corrected chi connectivity index (χ3v) is 2.62. The second-order valence-corrected chi connectivity index (χ2v) is 4.28. The molecule has 0 saturated carbocycles. The lowest BCUT2D eigenvalue weighted by Crippen LogP contribution is -2.38. The zero-order chi connectivity index (χ0) is 16.0. The Kier molecular flexibility index (Phi) is 16.7. The molecule has 0 aliphatic rings. The van der Waals surface area contributed by atoms with E-state index in [0.717, 1.165) is 6.42 Å². The van der Waals surface area contributed by atoms with E-state index in [1.54, 1.807) is 0 Å². The second-order valence-electron chi connectivity index (χ2n) is 4.28. The summed E-state index contributed by atoms with van der Waals surface area (Å²) in [4.78, 5) is 0. The Hall–Kier alpha value is -0.240. The molecule has 0 aliphatic carbocycles. The molecule has 0 radical (unpaired) electrons. The topological polar surface area (TPSA) is 99.4 Å². The van der Waals surface area contributed by atoms with Gasteiger partial charge in [0, 0.05) is 26.7 Å². The van der Waals surface area contributed by atoms with Gasteiger partial charge in [0.2, 0.25) is 0 Å². The van der Waals surface area contributed by atoms with Crippen LogP contribution in [0.1, 0.15) is 46.5 Å². The zero-order valence-corrected chi connectivity index (χ0v) is 13.2. The van der Waals surface area contributed by atoms with Crippen molar-refractivity contribution in [2.24, 2.45) is 0 Å². The fourth-order valence-electron chi connectivity index (χ4n) is 1.58. The Labute approximate surface area is 122 Å². The van der Waals surface area contributed by atoms with E-state index in [1.807, 2.05) is 20.8 Å². The minimum atomic E-state index is -1.06. The Morgan fingerprint density at radius 2 is 1.60 bits per heavy atom. The molecule has 0 aliphatic heterocycles. The zero-order valence-electron chi connectivity index (χ0n) is 13.2. The van der Waals surface area contributed by atoms with Gasteiger partial charge in [-0.05, 0) is 19.3 Å². The van der Waals surface area contributed by atoms with Crippen molar-refractivity contribution in [3.05, 3.63) is 0 Å². The van der Waals surface area contributed by atoms with Crippen molar-refractivity contribution in [2.75, 3.05) is 20.3 Å². The van der Waals surface area contributed by atoms with Crippen LogP contribution in [-0.2, 0) is 9.47 Å². The Morgan fingerprint density at radius 1 is 1.00 bits per heavy atom. The van der Waals surface area contributed by atoms with Crippen LogP contribution in [0.4, 0.5) is 0 Å². The third kappa shape index (κ3) is 10.5. The first-order chi connectivity index (χ1) is 9.56. The van der Waals surface area contributed by atoms with Crippen LogP contribution in [0.5, 0.6) is 0 Å². The Bertz CT molecular complexity index is 191. The minimum absolute atomic E-state index is 0.0329. The van der Waals surface area contributed by atoms with Crippen molar-refractivity contribution in [2.45, 2.75) is 71.1 Å². The summed E-state index contributed by atoms with van der Waals surface area (Å²) in [6, 6.07) is 0. The first kappa shape index (κ1) is 22.0. The van der Waals surface area contributed by atoms with E-state index in [0.29, 0.717) is 13.0 Å². The molecule has 0 bridgehead atoms. The molecule has 0 amide bonds. The van der Waals surface area contributed by atoms with Gasteiger partial charge in [-0.3, -0.25) is 0 Å².